The number of hydrogen-bond acceptors (Lipinski definition) is 2. The molecule has 0 N–H and O–H groups in total. The molecule has 0 aliphatic rings. The van der Waals surface area contributed by atoms with E-state index in [1.807, 2.05) is 12.1 Å². The van der Waals surface area contributed by atoms with Crippen LogP contribution in [0.25, 0.3) is 76.5 Å². The Kier molecular flexibility index (Phi) is 9.77. The van der Waals surface area contributed by atoms with Crippen LogP contribution in [0.3, 0.4) is 0 Å². The van der Waals surface area contributed by atoms with Crippen molar-refractivity contribution in [2.24, 2.45) is 0 Å². The maximum atomic E-state index is 6.23. The van der Waals surface area contributed by atoms with Gasteiger partial charge in [-0.25, -0.2) is 0 Å². The van der Waals surface area contributed by atoms with Crippen LogP contribution in [-0.4, -0.2) is 0 Å². The molecule has 0 aliphatic heterocycles. The molecule has 0 aliphatic carbocycles. The van der Waals surface area contributed by atoms with Gasteiger partial charge >= 0.3 is 0 Å². The lowest BCUT2D eigenvalue weighted by atomic mass is 9.65. The maximum Gasteiger partial charge on any atom is 0.135 e. The normalized spacial score (nSPS) is 11.8. The molecule has 1 heterocycles. The SMILES string of the molecule is c1ccc(C(c2ccccc2)(c2ccccc2)c2ccc(-c3ccc(N(c4cccc(-c5ccc6oc7ccccc7c6c5)c4)c4ccc5c(ccc6ccccc65)c4)c4ccccc34)cc2)cc1. The van der Waals surface area contributed by atoms with E-state index in [0.29, 0.717) is 0 Å². The van der Waals surface area contributed by atoms with Crippen molar-refractivity contribution >= 4 is 71.3 Å². The summed E-state index contributed by atoms with van der Waals surface area (Å²) in [5.41, 5.74) is 14.1. The van der Waals surface area contributed by atoms with Crippen molar-refractivity contribution in [3.05, 3.63) is 295 Å². The number of para-hydroxylation sites is 1. The van der Waals surface area contributed by atoms with Gasteiger partial charge < -0.3 is 9.32 Å². The monoisotopic (exact) mass is 879 g/mol. The summed E-state index contributed by atoms with van der Waals surface area (Å²) in [6, 6.07) is 99.5. The van der Waals surface area contributed by atoms with Crippen LogP contribution in [-0.2, 0) is 5.41 Å². The average molecular weight is 880 g/mol. The molecule has 69 heavy (non-hydrogen) atoms. The number of furan rings is 1. The van der Waals surface area contributed by atoms with Gasteiger partial charge in [0.25, 0.3) is 0 Å². The third-order valence-corrected chi connectivity index (χ3v) is 14.2. The Morgan fingerprint density at radius 3 is 1.54 bits per heavy atom. The lowest BCUT2D eigenvalue weighted by Crippen LogP contribution is -2.30. The van der Waals surface area contributed by atoms with E-state index < -0.39 is 5.41 Å². The number of rotatable bonds is 9. The minimum atomic E-state index is -0.520. The molecule has 0 unspecified atom stereocenters. The number of benzene rings is 12. The summed E-state index contributed by atoms with van der Waals surface area (Å²) in [4.78, 5) is 2.44. The molecule has 0 atom stereocenters. The molecule has 13 rings (SSSR count). The van der Waals surface area contributed by atoms with Crippen LogP contribution < -0.4 is 4.90 Å². The summed E-state index contributed by atoms with van der Waals surface area (Å²) in [5.74, 6) is 0. The molecule has 324 valence electrons. The molecule has 2 nitrogen and oxygen atoms in total. The van der Waals surface area contributed by atoms with Gasteiger partial charge in [0.1, 0.15) is 11.2 Å². The first-order chi connectivity index (χ1) is 34.2. The Balaban J connectivity index is 0.969. The van der Waals surface area contributed by atoms with Gasteiger partial charge in [0, 0.05) is 27.5 Å². The number of fused-ring (bicyclic) bond motifs is 7. The Hall–Kier alpha value is -8.98. The third-order valence-electron chi connectivity index (χ3n) is 14.2. The molecule has 0 spiro atoms. The minimum Gasteiger partial charge on any atom is -0.456 e. The van der Waals surface area contributed by atoms with Crippen LogP contribution in [0.2, 0.25) is 0 Å². The lowest BCUT2D eigenvalue weighted by Gasteiger charge is -2.37. The average Bonchev–Trinajstić information content (AvgIpc) is 3.80. The quantitative estimate of drug-likeness (QED) is 0.106. The lowest BCUT2D eigenvalue weighted by molar-refractivity contribution is 0.669. The second-order valence-corrected chi connectivity index (χ2v) is 18.0. The van der Waals surface area contributed by atoms with Gasteiger partial charge in [0.05, 0.1) is 11.1 Å². The number of hydrogen-bond donors (Lipinski definition) is 0. The van der Waals surface area contributed by atoms with E-state index in [1.165, 1.54) is 60.1 Å². The first-order valence-electron chi connectivity index (χ1n) is 23.7. The Bertz CT molecular complexity index is 3910. The summed E-state index contributed by atoms with van der Waals surface area (Å²) in [7, 11) is 0. The summed E-state index contributed by atoms with van der Waals surface area (Å²) < 4.78 is 6.23. The highest BCUT2D eigenvalue weighted by molar-refractivity contribution is 6.11. The van der Waals surface area contributed by atoms with Gasteiger partial charge in [-0.1, -0.05) is 224 Å². The van der Waals surface area contributed by atoms with Crippen molar-refractivity contribution in [3.63, 3.8) is 0 Å². The fourth-order valence-corrected chi connectivity index (χ4v) is 11.0. The van der Waals surface area contributed by atoms with E-state index in [-0.39, 0.29) is 0 Å². The smallest absolute Gasteiger partial charge is 0.135 e. The zero-order valence-electron chi connectivity index (χ0n) is 37.8. The second kappa shape index (κ2) is 16.7. The highest BCUT2D eigenvalue weighted by atomic mass is 16.3. The van der Waals surface area contributed by atoms with Crippen molar-refractivity contribution in [3.8, 4) is 22.3 Å². The van der Waals surface area contributed by atoms with Crippen molar-refractivity contribution < 1.29 is 4.42 Å². The minimum absolute atomic E-state index is 0.520. The Morgan fingerprint density at radius 1 is 0.275 bits per heavy atom. The Labute approximate surface area is 401 Å². The molecule has 0 radical (unpaired) electrons. The molecule has 2 heteroatoms. The fourth-order valence-electron chi connectivity index (χ4n) is 11.0. The zero-order chi connectivity index (χ0) is 45.7. The molecule has 0 saturated carbocycles. The molecule has 1 aromatic heterocycles. The van der Waals surface area contributed by atoms with Crippen LogP contribution >= 0.6 is 0 Å². The van der Waals surface area contributed by atoms with E-state index in [1.54, 1.807) is 0 Å². The largest absolute Gasteiger partial charge is 0.456 e. The summed E-state index contributed by atoms with van der Waals surface area (Å²) in [5, 5.41) is 9.54. The molecule has 0 bridgehead atoms. The van der Waals surface area contributed by atoms with Crippen molar-refractivity contribution in [2.75, 3.05) is 4.90 Å². The van der Waals surface area contributed by atoms with Gasteiger partial charge in [-0.2, -0.15) is 0 Å². The van der Waals surface area contributed by atoms with E-state index in [2.05, 4.69) is 266 Å². The molecular formula is C67H45NO. The molecule has 13 aromatic rings. The first kappa shape index (κ1) is 40.3. The summed E-state index contributed by atoms with van der Waals surface area (Å²) in [6.07, 6.45) is 0. The van der Waals surface area contributed by atoms with Crippen LogP contribution in [0.5, 0.6) is 0 Å². The second-order valence-electron chi connectivity index (χ2n) is 18.0. The van der Waals surface area contributed by atoms with E-state index in [0.717, 1.165) is 55.7 Å². The third kappa shape index (κ3) is 6.80. The number of nitrogens with zero attached hydrogens (tertiary/aromatic N) is 1. The molecule has 0 saturated heterocycles. The zero-order valence-corrected chi connectivity index (χ0v) is 37.8. The fraction of sp³-hybridized carbons (Fsp3) is 0.0149. The van der Waals surface area contributed by atoms with Crippen molar-refractivity contribution in [1.29, 1.82) is 0 Å². The van der Waals surface area contributed by atoms with Gasteiger partial charge in [-0.05, 0) is 120 Å². The van der Waals surface area contributed by atoms with E-state index >= 15 is 0 Å². The first-order valence-corrected chi connectivity index (χ1v) is 23.7. The van der Waals surface area contributed by atoms with Crippen molar-refractivity contribution in [1.82, 2.24) is 0 Å². The van der Waals surface area contributed by atoms with Crippen LogP contribution in [0.4, 0.5) is 17.1 Å². The molecular weight excluding hydrogens is 835 g/mol. The van der Waals surface area contributed by atoms with E-state index in [9.17, 15) is 0 Å². The summed E-state index contributed by atoms with van der Waals surface area (Å²) >= 11 is 0. The highest BCUT2D eigenvalue weighted by Gasteiger charge is 2.38. The predicted octanol–water partition coefficient (Wildman–Crippen LogP) is 18.2. The van der Waals surface area contributed by atoms with E-state index in [4.69, 9.17) is 4.42 Å². The van der Waals surface area contributed by atoms with Crippen molar-refractivity contribution in [2.45, 2.75) is 5.41 Å². The maximum absolute atomic E-state index is 6.23. The standard InChI is InChI=1S/C67H45NO/c1-4-19-51(20-5-1)67(52-21-6-2-7-22-52,53-23-8-3-9-24-53)54-36-33-47(34-37-54)58-40-41-64(61-28-13-12-27-60(58)61)68(56-38-39-59-50(44-56)32-31-46-17-10-11-26-57(46)59)55-25-16-18-48(43-55)49-35-42-66-63(45-49)62-29-14-15-30-65(62)69-66/h1-45H. The predicted molar refractivity (Wildman–Crippen MR) is 290 cm³/mol. The number of anilines is 3. The van der Waals surface area contributed by atoms with Crippen LogP contribution in [0, 0.1) is 0 Å². The van der Waals surface area contributed by atoms with Gasteiger partial charge in [-0.15, -0.1) is 0 Å². The van der Waals surface area contributed by atoms with Gasteiger partial charge in [0.2, 0.25) is 0 Å². The Morgan fingerprint density at radius 2 is 0.812 bits per heavy atom. The van der Waals surface area contributed by atoms with Gasteiger partial charge in [-0.3, -0.25) is 0 Å². The summed E-state index contributed by atoms with van der Waals surface area (Å²) in [6.45, 7) is 0. The van der Waals surface area contributed by atoms with Gasteiger partial charge in [0.15, 0.2) is 0 Å². The molecule has 12 aromatic carbocycles. The van der Waals surface area contributed by atoms with Crippen LogP contribution in [0.15, 0.2) is 277 Å². The molecule has 0 amide bonds. The van der Waals surface area contributed by atoms with Crippen LogP contribution in [0.1, 0.15) is 22.3 Å². The molecule has 0 fully saturated rings. The topological polar surface area (TPSA) is 16.4 Å². The highest BCUT2D eigenvalue weighted by Crippen LogP contribution is 2.48.